The maximum atomic E-state index is 5.30. The molecular formula is C13H16ORu. The minimum Gasteiger partial charge on any atom is -0.520 e. The topological polar surface area (TPSA) is 9.23 Å². The summed E-state index contributed by atoms with van der Waals surface area (Å²) in [4.78, 5) is 0. The van der Waals surface area contributed by atoms with Crippen molar-refractivity contribution in [2.75, 3.05) is 6.61 Å². The number of rotatable bonds is 3. The van der Waals surface area contributed by atoms with Crippen molar-refractivity contribution in [3.05, 3.63) is 54.6 Å². The van der Waals surface area contributed by atoms with Crippen LogP contribution in [0.3, 0.4) is 0 Å². The standard InChI is InChI=1S/C8H11O.C5H5.Ru/c1-2-7-9-8-5-3-4-6-8;1-2-4-5-3-1;/h3-6H,2,7H2,1H3;1-5H;/q2*-1;+2. The Morgan fingerprint density at radius 3 is 2.27 bits per heavy atom. The molecule has 15 heavy (non-hydrogen) atoms. The number of hydrogen-bond acceptors (Lipinski definition) is 1. The van der Waals surface area contributed by atoms with E-state index in [1.165, 1.54) is 0 Å². The predicted molar refractivity (Wildman–Crippen MR) is 59.9 cm³/mol. The van der Waals surface area contributed by atoms with Crippen LogP contribution in [0.2, 0.25) is 0 Å². The molecule has 2 aromatic carbocycles. The van der Waals surface area contributed by atoms with Gasteiger partial charge in [-0.05, 0) is 6.42 Å². The average Bonchev–Trinajstić information content (AvgIpc) is 2.90. The van der Waals surface area contributed by atoms with Crippen LogP contribution in [0.25, 0.3) is 0 Å². The largest absolute Gasteiger partial charge is 2.00 e. The molecule has 0 atom stereocenters. The smallest absolute Gasteiger partial charge is 0.520 e. The second kappa shape index (κ2) is 9.67. The van der Waals surface area contributed by atoms with E-state index in [1.54, 1.807) is 0 Å². The summed E-state index contributed by atoms with van der Waals surface area (Å²) in [5.41, 5.74) is 0. The van der Waals surface area contributed by atoms with Gasteiger partial charge in [0.25, 0.3) is 0 Å². The van der Waals surface area contributed by atoms with Crippen molar-refractivity contribution in [3.63, 3.8) is 0 Å². The molecule has 0 radical (unpaired) electrons. The van der Waals surface area contributed by atoms with E-state index in [-0.39, 0.29) is 19.5 Å². The molecule has 0 aliphatic carbocycles. The molecule has 2 heteroatoms. The Morgan fingerprint density at radius 1 is 1.13 bits per heavy atom. The molecule has 0 N–H and O–H groups in total. The second-order valence-corrected chi connectivity index (χ2v) is 2.93. The summed E-state index contributed by atoms with van der Waals surface area (Å²) >= 11 is 0. The van der Waals surface area contributed by atoms with Crippen molar-refractivity contribution in [1.82, 2.24) is 0 Å². The van der Waals surface area contributed by atoms with Crippen LogP contribution in [0.4, 0.5) is 0 Å². The molecule has 2 rings (SSSR count). The van der Waals surface area contributed by atoms with Gasteiger partial charge in [0, 0.05) is 5.75 Å². The van der Waals surface area contributed by atoms with E-state index in [9.17, 15) is 0 Å². The van der Waals surface area contributed by atoms with Crippen molar-refractivity contribution < 1.29 is 24.2 Å². The van der Waals surface area contributed by atoms with Crippen LogP contribution in [0.1, 0.15) is 13.3 Å². The van der Waals surface area contributed by atoms with Gasteiger partial charge in [0.15, 0.2) is 0 Å². The first-order valence-corrected chi connectivity index (χ1v) is 4.94. The van der Waals surface area contributed by atoms with Crippen LogP contribution in [0.15, 0.2) is 54.6 Å². The van der Waals surface area contributed by atoms with Gasteiger partial charge < -0.3 is 4.74 Å². The first-order valence-electron chi connectivity index (χ1n) is 4.94. The maximum Gasteiger partial charge on any atom is 2.00 e. The van der Waals surface area contributed by atoms with Crippen molar-refractivity contribution in [1.29, 1.82) is 0 Å². The summed E-state index contributed by atoms with van der Waals surface area (Å²) in [6.07, 6.45) is 1.07. The van der Waals surface area contributed by atoms with Crippen LogP contribution < -0.4 is 4.74 Å². The summed E-state index contributed by atoms with van der Waals surface area (Å²) < 4.78 is 5.30. The third-order valence-corrected chi connectivity index (χ3v) is 1.66. The molecule has 0 amide bonds. The molecule has 0 spiro atoms. The fourth-order valence-corrected chi connectivity index (χ4v) is 0.993. The molecule has 2 aromatic rings. The van der Waals surface area contributed by atoms with Gasteiger partial charge in [0.2, 0.25) is 0 Å². The fourth-order valence-electron chi connectivity index (χ4n) is 0.993. The predicted octanol–water partition coefficient (Wildman–Crippen LogP) is 3.60. The molecule has 0 aliphatic rings. The quantitative estimate of drug-likeness (QED) is 0.620. The Bertz CT molecular complexity index is 267. The van der Waals surface area contributed by atoms with E-state index in [1.807, 2.05) is 54.6 Å². The van der Waals surface area contributed by atoms with Gasteiger partial charge in [0.05, 0.1) is 6.61 Å². The van der Waals surface area contributed by atoms with Gasteiger partial charge >= 0.3 is 19.5 Å². The van der Waals surface area contributed by atoms with Crippen molar-refractivity contribution >= 4 is 0 Å². The van der Waals surface area contributed by atoms with Crippen LogP contribution in [-0.4, -0.2) is 6.61 Å². The van der Waals surface area contributed by atoms with Crippen LogP contribution in [-0.2, 0) is 19.5 Å². The SMILES string of the molecule is CCCOc1ccc[cH-]1.[Ru+2].c1cc[cH-]c1. The third-order valence-electron chi connectivity index (χ3n) is 1.66. The van der Waals surface area contributed by atoms with E-state index in [0.29, 0.717) is 0 Å². The van der Waals surface area contributed by atoms with Gasteiger partial charge in [0.1, 0.15) is 0 Å². The summed E-state index contributed by atoms with van der Waals surface area (Å²) in [5.74, 6) is 0.983. The van der Waals surface area contributed by atoms with Crippen LogP contribution in [0, 0.1) is 0 Å². The first-order chi connectivity index (χ1) is 6.93. The summed E-state index contributed by atoms with van der Waals surface area (Å²) in [5, 5.41) is 0. The zero-order chi connectivity index (χ0) is 10.1. The Labute approximate surface area is 105 Å². The van der Waals surface area contributed by atoms with Crippen molar-refractivity contribution in [2.45, 2.75) is 13.3 Å². The van der Waals surface area contributed by atoms with Crippen LogP contribution >= 0.6 is 0 Å². The molecule has 0 aliphatic heterocycles. The van der Waals surface area contributed by atoms with Gasteiger partial charge in [-0.2, -0.15) is 30.3 Å². The first kappa shape index (κ1) is 14.1. The Hall–Kier alpha value is -0.877. The Balaban J connectivity index is 0.000000280. The summed E-state index contributed by atoms with van der Waals surface area (Å²) in [6, 6.07) is 17.9. The summed E-state index contributed by atoms with van der Waals surface area (Å²) in [6.45, 7) is 2.92. The molecule has 0 fully saturated rings. The molecule has 0 aromatic heterocycles. The molecule has 0 bridgehead atoms. The zero-order valence-electron chi connectivity index (χ0n) is 8.87. The third kappa shape index (κ3) is 7.10. The van der Waals surface area contributed by atoms with Gasteiger partial charge in [-0.1, -0.05) is 6.92 Å². The normalized spacial score (nSPS) is 8.33. The van der Waals surface area contributed by atoms with E-state index >= 15 is 0 Å². The number of ether oxygens (including phenoxy) is 1. The summed E-state index contributed by atoms with van der Waals surface area (Å²) in [7, 11) is 0. The zero-order valence-corrected chi connectivity index (χ0v) is 10.6. The Kier molecular flexibility index (Phi) is 9.10. The second-order valence-electron chi connectivity index (χ2n) is 2.93. The van der Waals surface area contributed by atoms with Gasteiger partial charge in [-0.25, -0.2) is 18.2 Å². The molecular weight excluding hydrogens is 273 g/mol. The molecule has 82 valence electrons. The molecule has 0 heterocycles. The van der Waals surface area contributed by atoms with Gasteiger partial charge in [-0.3, -0.25) is 0 Å². The minimum absolute atomic E-state index is 0. The van der Waals surface area contributed by atoms with Crippen LogP contribution in [0.5, 0.6) is 5.75 Å². The molecule has 1 nitrogen and oxygen atoms in total. The monoisotopic (exact) mass is 290 g/mol. The number of hydrogen-bond donors (Lipinski definition) is 0. The minimum atomic E-state index is 0. The fraction of sp³-hybridized carbons (Fsp3) is 0.231. The molecule has 0 saturated carbocycles. The van der Waals surface area contributed by atoms with Crippen molar-refractivity contribution in [3.8, 4) is 5.75 Å². The molecule has 0 saturated heterocycles. The Morgan fingerprint density at radius 2 is 1.87 bits per heavy atom. The van der Waals surface area contributed by atoms with E-state index < -0.39 is 0 Å². The van der Waals surface area contributed by atoms with Crippen molar-refractivity contribution in [2.24, 2.45) is 0 Å². The van der Waals surface area contributed by atoms with E-state index in [0.717, 1.165) is 18.8 Å². The average molecular weight is 289 g/mol. The van der Waals surface area contributed by atoms with E-state index in [2.05, 4.69) is 6.92 Å². The van der Waals surface area contributed by atoms with Gasteiger partial charge in [-0.15, -0.1) is 6.07 Å². The molecule has 0 unspecified atom stereocenters. The van der Waals surface area contributed by atoms with E-state index in [4.69, 9.17) is 4.74 Å². The maximum absolute atomic E-state index is 5.30.